The molecule has 1 heterocycles. The van der Waals surface area contributed by atoms with E-state index in [-0.39, 0.29) is 0 Å². The molecular formula is C29H32O6. The largest absolute Gasteiger partial charge is 0.493 e. The Bertz CT molecular complexity index is 1140. The molecule has 0 aliphatic carbocycles. The number of para-hydroxylation sites is 1. The lowest BCUT2D eigenvalue weighted by Crippen LogP contribution is -2.44. The third-order valence-corrected chi connectivity index (χ3v) is 6.05. The van der Waals surface area contributed by atoms with Gasteiger partial charge in [0.05, 0.1) is 13.2 Å². The molecule has 3 aromatic carbocycles. The molecule has 0 fully saturated rings. The number of carbonyl (C=O) groups is 1. The molecule has 0 radical (unpaired) electrons. The summed E-state index contributed by atoms with van der Waals surface area (Å²) >= 11 is 0. The van der Waals surface area contributed by atoms with Gasteiger partial charge in [0.25, 0.3) is 0 Å². The van der Waals surface area contributed by atoms with E-state index in [1.165, 1.54) is 0 Å². The van der Waals surface area contributed by atoms with Crippen LogP contribution in [0.2, 0.25) is 0 Å². The Morgan fingerprint density at radius 2 is 1.69 bits per heavy atom. The molecule has 4 rings (SSSR count). The number of aryl methyl sites for hydroxylation is 2. The number of hydrogen-bond acceptors (Lipinski definition) is 5. The molecule has 184 valence electrons. The van der Waals surface area contributed by atoms with Crippen molar-refractivity contribution in [3.63, 3.8) is 0 Å². The van der Waals surface area contributed by atoms with Crippen LogP contribution in [-0.4, -0.2) is 29.9 Å². The van der Waals surface area contributed by atoms with Crippen LogP contribution in [0.5, 0.6) is 28.7 Å². The monoisotopic (exact) mass is 476 g/mol. The minimum Gasteiger partial charge on any atom is -0.493 e. The van der Waals surface area contributed by atoms with E-state index in [2.05, 4.69) is 6.92 Å². The van der Waals surface area contributed by atoms with Crippen LogP contribution in [0.1, 0.15) is 44.2 Å². The Morgan fingerprint density at radius 3 is 2.40 bits per heavy atom. The second-order valence-electron chi connectivity index (χ2n) is 8.89. The molecule has 1 atom stereocenters. The average Bonchev–Trinajstić information content (AvgIpc) is 2.86. The van der Waals surface area contributed by atoms with Crippen LogP contribution in [0.25, 0.3) is 0 Å². The lowest BCUT2D eigenvalue weighted by Gasteiger charge is -2.32. The summed E-state index contributed by atoms with van der Waals surface area (Å²) in [6, 6.07) is 21.3. The Labute approximate surface area is 206 Å². The highest BCUT2D eigenvalue weighted by Crippen LogP contribution is 2.36. The van der Waals surface area contributed by atoms with E-state index in [4.69, 9.17) is 18.9 Å². The smallest absolute Gasteiger partial charge is 0.347 e. The van der Waals surface area contributed by atoms with Gasteiger partial charge < -0.3 is 24.1 Å². The molecule has 0 amide bonds. The lowest BCUT2D eigenvalue weighted by molar-refractivity contribution is -0.155. The number of fused-ring (bicyclic) bond motifs is 1. The van der Waals surface area contributed by atoms with Gasteiger partial charge in [-0.15, -0.1) is 0 Å². The number of rotatable bonds is 11. The Hall–Kier alpha value is -3.67. The van der Waals surface area contributed by atoms with Crippen molar-refractivity contribution in [3.05, 3.63) is 77.9 Å². The normalized spacial score (nSPS) is 16.6. The minimum absolute atomic E-state index is 0.451. The summed E-state index contributed by atoms with van der Waals surface area (Å²) in [6.07, 6.45) is 3.74. The first-order valence-corrected chi connectivity index (χ1v) is 12.1. The number of aliphatic carboxylic acids is 1. The molecule has 6 heteroatoms. The summed E-state index contributed by atoms with van der Waals surface area (Å²) in [5.41, 5.74) is 0.923. The summed E-state index contributed by atoms with van der Waals surface area (Å²) < 4.78 is 23.6. The maximum atomic E-state index is 11.5. The van der Waals surface area contributed by atoms with Gasteiger partial charge in [-0.25, -0.2) is 4.79 Å². The highest BCUT2D eigenvalue weighted by molar-refractivity contribution is 5.78. The maximum Gasteiger partial charge on any atom is 0.347 e. The number of carboxylic acid groups (broad SMARTS) is 1. The zero-order valence-electron chi connectivity index (χ0n) is 20.3. The molecule has 0 spiro atoms. The van der Waals surface area contributed by atoms with Crippen molar-refractivity contribution in [2.24, 2.45) is 0 Å². The van der Waals surface area contributed by atoms with Crippen molar-refractivity contribution in [2.45, 2.75) is 51.6 Å². The van der Waals surface area contributed by atoms with Crippen molar-refractivity contribution in [3.8, 4) is 28.7 Å². The van der Waals surface area contributed by atoms with Crippen molar-refractivity contribution >= 4 is 5.97 Å². The van der Waals surface area contributed by atoms with Gasteiger partial charge in [0.2, 0.25) is 5.60 Å². The number of hydrogen-bond donors (Lipinski definition) is 1. The molecule has 0 bridgehead atoms. The van der Waals surface area contributed by atoms with Gasteiger partial charge in [-0.05, 0) is 67.3 Å². The first-order valence-electron chi connectivity index (χ1n) is 12.1. The van der Waals surface area contributed by atoms with Crippen LogP contribution < -0.4 is 18.9 Å². The third-order valence-electron chi connectivity index (χ3n) is 6.05. The van der Waals surface area contributed by atoms with Crippen LogP contribution in [0.4, 0.5) is 0 Å². The van der Waals surface area contributed by atoms with Gasteiger partial charge in [-0.3, -0.25) is 0 Å². The fourth-order valence-corrected chi connectivity index (χ4v) is 4.01. The Kier molecular flexibility index (Phi) is 7.80. The van der Waals surface area contributed by atoms with Crippen molar-refractivity contribution in [1.82, 2.24) is 0 Å². The van der Waals surface area contributed by atoms with E-state index in [9.17, 15) is 9.90 Å². The Balaban J connectivity index is 1.28. The molecule has 0 saturated heterocycles. The zero-order valence-corrected chi connectivity index (χ0v) is 20.3. The summed E-state index contributed by atoms with van der Waals surface area (Å²) in [7, 11) is 0. The van der Waals surface area contributed by atoms with Crippen LogP contribution in [0.3, 0.4) is 0 Å². The molecule has 1 aliphatic heterocycles. The summed E-state index contributed by atoms with van der Waals surface area (Å²) in [6.45, 7) is 4.75. The molecule has 6 nitrogen and oxygen atoms in total. The lowest BCUT2D eigenvalue weighted by atomic mass is 9.93. The van der Waals surface area contributed by atoms with Gasteiger partial charge in [0, 0.05) is 18.9 Å². The predicted octanol–water partition coefficient (Wildman–Crippen LogP) is 6.45. The number of ether oxygens (including phenoxy) is 4. The van der Waals surface area contributed by atoms with E-state index < -0.39 is 11.6 Å². The van der Waals surface area contributed by atoms with E-state index in [1.807, 2.05) is 60.7 Å². The SMILES string of the molecule is CCCc1cc(OCCCOc2ccc3c(c2)OC(C)(C(=O)O)CC3)ccc1Oc1ccccc1. The standard InChI is InChI=1S/C29H32O6/c1-3-8-22-19-24(13-14-26(22)34-23-9-5-4-6-10-23)32-17-7-18-33-25-12-11-21-15-16-29(2,28(30)31)35-27(21)20-25/h4-6,9-14,19-20H,3,7-8,15-18H2,1-2H3,(H,30,31). The summed E-state index contributed by atoms with van der Waals surface area (Å²) in [5, 5.41) is 9.44. The van der Waals surface area contributed by atoms with Crippen molar-refractivity contribution in [1.29, 1.82) is 0 Å². The topological polar surface area (TPSA) is 74.2 Å². The highest BCUT2D eigenvalue weighted by atomic mass is 16.5. The molecule has 1 N–H and O–H groups in total. The van der Waals surface area contributed by atoms with E-state index in [0.717, 1.165) is 41.2 Å². The maximum absolute atomic E-state index is 11.5. The van der Waals surface area contributed by atoms with Crippen molar-refractivity contribution in [2.75, 3.05) is 13.2 Å². The summed E-state index contributed by atoms with van der Waals surface area (Å²) in [5.74, 6) is 2.76. The third kappa shape index (κ3) is 6.27. The van der Waals surface area contributed by atoms with Gasteiger partial charge in [0.15, 0.2) is 0 Å². The van der Waals surface area contributed by atoms with Gasteiger partial charge in [0.1, 0.15) is 28.7 Å². The van der Waals surface area contributed by atoms with Crippen LogP contribution >= 0.6 is 0 Å². The Morgan fingerprint density at radius 1 is 0.971 bits per heavy atom. The highest BCUT2D eigenvalue weighted by Gasteiger charge is 2.39. The van der Waals surface area contributed by atoms with Crippen molar-refractivity contribution < 1.29 is 28.8 Å². The van der Waals surface area contributed by atoms with Gasteiger partial charge in [-0.2, -0.15) is 0 Å². The van der Waals surface area contributed by atoms with E-state index in [0.29, 0.717) is 44.0 Å². The molecule has 1 aliphatic rings. The van der Waals surface area contributed by atoms with Crippen LogP contribution in [0, 0.1) is 0 Å². The van der Waals surface area contributed by atoms with Gasteiger partial charge in [-0.1, -0.05) is 37.6 Å². The second-order valence-corrected chi connectivity index (χ2v) is 8.89. The zero-order chi connectivity index (χ0) is 24.7. The predicted molar refractivity (Wildman–Crippen MR) is 134 cm³/mol. The molecule has 1 unspecified atom stereocenters. The van der Waals surface area contributed by atoms with E-state index >= 15 is 0 Å². The summed E-state index contributed by atoms with van der Waals surface area (Å²) in [4.78, 5) is 11.5. The molecule has 0 saturated carbocycles. The van der Waals surface area contributed by atoms with Crippen LogP contribution in [0.15, 0.2) is 66.7 Å². The first kappa shape index (κ1) is 24.5. The molecule has 3 aromatic rings. The first-order chi connectivity index (χ1) is 17.0. The molecule has 35 heavy (non-hydrogen) atoms. The van der Waals surface area contributed by atoms with E-state index in [1.54, 1.807) is 13.0 Å². The number of benzene rings is 3. The van der Waals surface area contributed by atoms with Crippen LogP contribution in [-0.2, 0) is 17.6 Å². The molecule has 0 aromatic heterocycles. The fraction of sp³-hybridized carbons (Fsp3) is 0.345. The average molecular weight is 477 g/mol. The quantitative estimate of drug-likeness (QED) is 0.321. The number of carboxylic acids is 1. The fourth-order valence-electron chi connectivity index (χ4n) is 4.01. The molecular weight excluding hydrogens is 444 g/mol. The minimum atomic E-state index is -1.20. The van der Waals surface area contributed by atoms with Gasteiger partial charge >= 0.3 is 5.97 Å². The second kappa shape index (κ2) is 11.2.